The van der Waals surface area contributed by atoms with Gasteiger partial charge in [-0.3, -0.25) is 0 Å². The normalized spacial score (nSPS) is 9.65. The van der Waals surface area contributed by atoms with E-state index >= 15 is 0 Å². The molecule has 5 heteroatoms. The number of hydrogen-bond donors (Lipinski definition) is 0. The molecule has 1 aromatic heterocycles. The highest BCUT2D eigenvalue weighted by molar-refractivity contribution is 5.35. The molecule has 0 spiro atoms. The van der Waals surface area contributed by atoms with Crippen LogP contribution in [0.15, 0.2) is 36.7 Å². The number of aromatic nitrogens is 2. The van der Waals surface area contributed by atoms with E-state index in [0.717, 1.165) is 6.07 Å². The summed E-state index contributed by atoms with van der Waals surface area (Å²) in [5.41, 5.74) is 0.255. The molecule has 84 valence electrons. The Kier molecular flexibility index (Phi) is 3.26. The second kappa shape index (κ2) is 5.03. The highest BCUT2D eigenvalue weighted by atomic mass is 19.1. The fraction of sp³-hybridized carbons (Fsp3) is 0.0833. The molecule has 0 amide bonds. The summed E-state index contributed by atoms with van der Waals surface area (Å²) in [6, 6.07) is 7.56. The van der Waals surface area contributed by atoms with Crippen LogP contribution in [0.4, 0.5) is 4.39 Å². The van der Waals surface area contributed by atoms with Gasteiger partial charge in [-0.15, -0.1) is 0 Å². The van der Waals surface area contributed by atoms with E-state index in [1.165, 1.54) is 12.1 Å². The first kappa shape index (κ1) is 11.0. The van der Waals surface area contributed by atoms with E-state index in [2.05, 4.69) is 9.97 Å². The van der Waals surface area contributed by atoms with Crippen molar-refractivity contribution >= 4 is 0 Å². The lowest BCUT2D eigenvalue weighted by Crippen LogP contribution is -2.01. The number of benzene rings is 1. The minimum absolute atomic E-state index is 0.0800. The van der Waals surface area contributed by atoms with Gasteiger partial charge < -0.3 is 4.74 Å². The van der Waals surface area contributed by atoms with Crippen LogP contribution < -0.4 is 4.74 Å². The molecule has 0 aliphatic carbocycles. The van der Waals surface area contributed by atoms with E-state index in [0.29, 0.717) is 5.82 Å². The lowest BCUT2D eigenvalue weighted by Gasteiger charge is -2.05. The first-order valence-electron chi connectivity index (χ1n) is 4.88. The Morgan fingerprint density at radius 1 is 1.29 bits per heavy atom. The van der Waals surface area contributed by atoms with Gasteiger partial charge in [0.1, 0.15) is 6.61 Å². The largest absolute Gasteiger partial charge is 0.483 e. The van der Waals surface area contributed by atoms with E-state index in [4.69, 9.17) is 10.00 Å². The van der Waals surface area contributed by atoms with Crippen LogP contribution in [0.5, 0.6) is 5.75 Å². The van der Waals surface area contributed by atoms with Gasteiger partial charge in [0.15, 0.2) is 17.4 Å². The fourth-order valence-electron chi connectivity index (χ4n) is 1.23. The van der Waals surface area contributed by atoms with Crippen molar-refractivity contribution in [1.82, 2.24) is 9.97 Å². The quantitative estimate of drug-likeness (QED) is 0.808. The lowest BCUT2D eigenvalue weighted by atomic mass is 10.2. The predicted molar refractivity (Wildman–Crippen MR) is 57.5 cm³/mol. The van der Waals surface area contributed by atoms with E-state index in [1.54, 1.807) is 18.5 Å². The molecule has 0 unspecified atom stereocenters. The fourth-order valence-corrected chi connectivity index (χ4v) is 1.23. The average molecular weight is 229 g/mol. The summed E-state index contributed by atoms with van der Waals surface area (Å²) in [6.45, 7) is 0.0870. The Morgan fingerprint density at radius 3 is 2.71 bits per heavy atom. The third kappa shape index (κ3) is 2.75. The van der Waals surface area contributed by atoms with Gasteiger partial charge in [0.05, 0.1) is 11.6 Å². The van der Waals surface area contributed by atoms with Gasteiger partial charge in [0, 0.05) is 12.4 Å². The Balaban J connectivity index is 2.08. The second-order valence-corrected chi connectivity index (χ2v) is 3.21. The maximum atomic E-state index is 13.4. The highest BCUT2D eigenvalue weighted by Crippen LogP contribution is 2.18. The molecule has 0 saturated carbocycles. The van der Waals surface area contributed by atoms with Gasteiger partial charge in [0.2, 0.25) is 0 Å². The third-order valence-electron chi connectivity index (χ3n) is 2.04. The van der Waals surface area contributed by atoms with Crippen molar-refractivity contribution in [2.45, 2.75) is 6.61 Å². The Labute approximate surface area is 97.3 Å². The van der Waals surface area contributed by atoms with Crippen molar-refractivity contribution in [3.8, 4) is 11.8 Å². The molecule has 2 rings (SSSR count). The Bertz CT molecular complexity index is 551. The van der Waals surface area contributed by atoms with Crippen LogP contribution in [-0.2, 0) is 6.61 Å². The topological polar surface area (TPSA) is 58.8 Å². The number of halogens is 1. The molecule has 0 aliphatic rings. The number of nitriles is 1. The van der Waals surface area contributed by atoms with Crippen LogP contribution in [0.2, 0.25) is 0 Å². The Morgan fingerprint density at radius 2 is 2.06 bits per heavy atom. The average Bonchev–Trinajstić information content (AvgIpc) is 2.38. The van der Waals surface area contributed by atoms with E-state index in [9.17, 15) is 4.39 Å². The molecule has 0 N–H and O–H groups in total. The number of rotatable bonds is 3. The number of ether oxygens (including phenoxy) is 1. The molecule has 0 fully saturated rings. The van der Waals surface area contributed by atoms with Crippen molar-refractivity contribution in [3.05, 3.63) is 53.9 Å². The summed E-state index contributed by atoms with van der Waals surface area (Å²) in [5.74, 6) is -0.0207. The van der Waals surface area contributed by atoms with Crippen LogP contribution in [0.3, 0.4) is 0 Å². The summed E-state index contributed by atoms with van der Waals surface area (Å²) in [4.78, 5) is 7.89. The summed E-state index contributed by atoms with van der Waals surface area (Å²) in [5, 5.41) is 8.58. The standard InChI is InChI=1S/C12H8FN3O/c13-10-6-9(7-14)2-3-11(10)17-8-12-15-4-1-5-16-12/h1-6H,8H2. The Hall–Kier alpha value is -2.48. The molecule has 1 heterocycles. The molecule has 0 atom stereocenters. The van der Waals surface area contributed by atoms with Crippen molar-refractivity contribution in [2.75, 3.05) is 0 Å². The molecule has 17 heavy (non-hydrogen) atoms. The summed E-state index contributed by atoms with van der Waals surface area (Å²) >= 11 is 0. The molecule has 0 radical (unpaired) electrons. The van der Waals surface area contributed by atoms with Gasteiger partial charge >= 0.3 is 0 Å². The van der Waals surface area contributed by atoms with E-state index in [-0.39, 0.29) is 17.9 Å². The van der Waals surface area contributed by atoms with Crippen molar-refractivity contribution in [1.29, 1.82) is 5.26 Å². The van der Waals surface area contributed by atoms with Gasteiger partial charge in [0.25, 0.3) is 0 Å². The maximum Gasteiger partial charge on any atom is 0.166 e. The van der Waals surface area contributed by atoms with Crippen LogP contribution in [0.25, 0.3) is 0 Å². The number of nitrogens with zero attached hydrogens (tertiary/aromatic N) is 3. The monoisotopic (exact) mass is 229 g/mol. The van der Waals surface area contributed by atoms with Crippen LogP contribution in [0.1, 0.15) is 11.4 Å². The van der Waals surface area contributed by atoms with Crippen LogP contribution in [0, 0.1) is 17.1 Å². The maximum absolute atomic E-state index is 13.4. The predicted octanol–water partition coefficient (Wildman–Crippen LogP) is 2.07. The van der Waals surface area contributed by atoms with Gasteiger partial charge in [-0.1, -0.05) is 0 Å². The van der Waals surface area contributed by atoms with E-state index < -0.39 is 5.82 Å². The zero-order valence-corrected chi connectivity index (χ0v) is 8.80. The molecule has 4 nitrogen and oxygen atoms in total. The zero-order valence-electron chi connectivity index (χ0n) is 8.80. The molecular weight excluding hydrogens is 221 g/mol. The van der Waals surface area contributed by atoms with Gasteiger partial charge in [-0.05, 0) is 24.3 Å². The smallest absolute Gasteiger partial charge is 0.166 e. The first-order valence-corrected chi connectivity index (χ1v) is 4.88. The van der Waals surface area contributed by atoms with Crippen molar-refractivity contribution in [3.63, 3.8) is 0 Å². The van der Waals surface area contributed by atoms with Crippen LogP contribution >= 0.6 is 0 Å². The van der Waals surface area contributed by atoms with Gasteiger partial charge in [-0.25, -0.2) is 14.4 Å². The van der Waals surface area contributed by atoms with Crippen molar-refractivity contribution in [2.24, 2.45) is 0 Å². The van der Waals surface area contributed by atoms with Crippen molar-refractivity contribution < 1.29 is 9.13 Å². The van der Waals surface area contributed by atoms with E-state index in [1.807, 2.05) is 6.07 Å². The minimum atomic E-state index is -0.569. The molecule has 2 aromatic rings. The first-order chi connectivity index (χ1) is 8.29. The summed E-state index contributed by atoms with van der Waals surface area (Å²) in [7, 11) is 0. The number of hydrogen-bond acceptors (Lipinski definition) is 4. The van der Waals surface area contributed by atoms with Gasteiger partial charge in [-0.2, -0.15) is 5.26 Å². The van der Waals surface area contributed by atoms with Crippen LogP contribution in [-0.4, -0.2) is 9.97 Å². The summed E-state index contributed by atoms with van der Waals surface area (Å²) in [6.07, 6.45) is 3.17. The third-order valence-corrected chi connectivity index (χ3v) is 2.04. The molecule has 0 saturated heterocycles. The lowest BCUT2D eigenvalue weighted by molar-refractivity contribution is 0.281. The zero-order chi connectivity index (χ0) is 12.1. The highest BCUT2D eigenvalue weighted by Gasteiger charge is 2.05. The summed E-state index contributed by atoms with van der Waals surface area (Å²) < 4.78 is 18.6. The SMILES string of the molecule is N#Cc1ccc(OCc2ncccn2)c(F)c1. The minimum Gasteiger partial charge on any atom is -0.483 e. The molecule has 1 aromatic carbocycles. The molecule has 0 aliphatic heterocycles. The molecular formula is C12H8FN3O. The molecule has 0 bridgehead atoms. The second-order valence-electron chi connectivity index (χ2n) is 3.21.